The number of rotatable bonds is 3. The lowest BCUT2D eigenvalue weighted by Gasteiger charge is -2.21. The number of hydrogen-bond acceptors (Lipinski definition) is 3. The van der Waals surface area contributed by atoms with E-state index in [2.05, 4.69) is 79.8 Å². The monoisotopic (exact) mass is 484 g/mol. The molecule has 0 heterocycles. The molecular formula is C17H19F2IO4S. The van der Waals surface area contributed by atoms with Gasteiger partial charge in [0.1, 0.15) is 11.4 Å². The van der Waals surface area contributed by atoms with Crippen molar-refractivity contribution >= 4 is 32.7 Å². The second-order valence-corrected chi connectivity index (χ2v) is 8.54. The number of ether oxygens (including phenoxy) is 1. The lowest BCUT2D eigenvalue weighted by molar-refractivity contribution is 0.131. The standard InChI is InChI=1S/C16H17IO.CH2F2O3S/c1-16(2,3)18-13-10-8-12(9-11-13)14-6-4-5-7-15(14)17;2-1(3)7(4,5)6/h4-11H,1-3H3;1H,(H,4,5,6). The van der Waals surface area contributed by atoms with Crippen LogP contribution in [0, 0.1) is 3.57 Å². The first-order valence-electron chi connectivity index (χ1n) is 7.18. The summed E-state index contributed by atoms with van der Waals surface area (Å²) < 4.78 is 54.1. The normalized spacial score (nSPS) is 11.7. The summed E-state index contributed by atoms with van der Waals surface area (Å²) in [5.74, 6) is -2.76. The summed E-state index contributed by atoms with van der Waals surface area (Å²) in [5.41, 5.74) is 2.34. The number of hydrogen-bond donors (Lipinski definition) is 1. The molecule has 0 aliphatic carbocycles. The van der Waals surface area contributed by atoms with Crippen molar-refractivity contribution in [3.05, 3.63) is 52.1 Å². The Balaban J connectivity index is 0.000000381. The van der Waals surface area contributed by atoms with Gasteiger partial charge >= 0.3 is 15.9 Å². The van der Waals surface area contributed by atoms with Gasteiger partial charge in [-0.1, -0.05) is 30.3 Å². The molecule has 0 unspecified atom stereocenters. The first-order chi connectivity index (χ1) is 11.4. The smallest absolute Gasteiger partial charge is 0.361 e. The van der Waals surface area contributed by atoms with Crippen LogP contribution in [0.3, 0.4) is 0 Å². The molecule has 0 spiro atoms. The lowest BCUT2D eigenvalue weighted by atomic mass is 10.1. The molecule has 0 amide bonds. The summed E-state index contributed by atoms with van der Waals surface area (Å²) >= 11 is 2.36. The van der Waals surface area contributed by atoms with E-state index in [1.807, 2.05) is 12.1 Å². The molecule has 0 bridgehead atoms. The van der Waals surface area contributed by atoms with Crippen LogP contribution in [0.1, 0.15) is 20.8 Å². The van der Waals surface area contributed by atoms with Gasteiger partial charge in [-0.2, -0.15) is 17.2 Å². The maximum Gasteiger partial charge on any atom is 0.361 e. The fourth-order valence-corrected chi connectivity index (χ4v) is 2.45. The van der Waals surface area contributed by atoms with Crippen LogP contribution < -0.4 is 4.74 Å². The van der Waals surface area contributed by atoms with Crippen LogP contribution >= 0.6 is 22.6 Å². The van der Waals surface area contributed by atoms with Crippen LogP contribution in [0.4, 0.5) is 8.78 Å². The molecule has 0 aliphatic heterocycles. The zero-order valence-corrected chi connectivity index (χ0v) is 16.9. The molecule has 0 atom stereocenters. The maximum absolute atomic E-state index is 10.7. The van der Waals surface area contributed by atoms with Gasteiger partial charge in [0.05, 0.1) is 0 Å². The summed E-state index contributed by atoms with van der Waals surface area (Å²) in [7, 11) is -5.07. The Morgan fingerprint density at radius 2 is 1.52 bits per heavy atom. The Hall–Kier alpha value is -1.26. The van der Waals surface area contributed by atoms with E-state index in [1.54, 1.807) is 0 Å². The molecule has 0 aliphatic rings. The zero-order chi connectivity index (χ0) is 19.3. The Labute approximate surface area is 160 Å². The third-order valence-electron chi connectivity index (χ3n) is 2.69. The van der Waals surface area contributed by atoms with Gasteiger partial charge in [-0.25, -0.2) is 0 Å². The van der Waals surface area contributed by atoms with Crippen molar-refractivity contribution in [2.45, 2.75) is 32.1 Å². The zero-order valence-electron chi connectivity index (χ0n) is 13.9. The minimum absolute atomic E-state index is 0.150. The quantitative estimate of drug-likeness (QED) is 0.479. The third kappa shape index (κ3) is 8.10. The molecule has 8 heteroatoms. The van der Waals surface area contributed by atoms with E-state index in [-0.39, 0.29) is 5.60 Å². The molecule has 0 radical (unpaired) electrons. The van der Waals surface area contributed by atoms with Crippen LogP contribution in [-0.4, -0.2) is 24.3 Å². The second kappa shape index (κ2) is 8.91. The minimum Gasteiger partial charge on any atom is -0.488 e. The predicted octanol–water partition coefficient (Wildman–Crippen LogP) is 5.23. The molecule has 25 heavy (non-hydrogen) atoms. The van der Waals surface area contributed by atoms with Crippen molar-refractivity contribution in [2.75, 3.05) is 0 Å². The highest BCUT2D eigenvalue weighted by Crippen LogP contribution is 2.27. The van der Waals surface area contributed by atoms with E-state index in [0.717, 1.165) is 5.75 Å². The summed E-state index contributed by atoms with van der Waals surface area (Å²) in [6, 6.07) is 16.7. The van der Waals surface area contributed by atoms with Crippen molar-refractivity contribution in [1.29, 1.82) is 0 Å². The molecular weight excluding hydrogens is 465 g/mol. The third-order valence-corrected chi connectivity index (χ3v) is 4.08. The highest BCUT2D eigenvalue weighted by atomic mass is 127. The van der Waals surface area contributed by atoms with Crippen molar-refractivity contribution in [2.24, 2.45) is 0 Å². The first kappa shape index (κ1) is 21.8. The SMILES string of the molecule is CC(C)(C)Oc1ccc(-c2ccccc2I)cc1.O=S(=O)(O)C(F)F. The topological polar surface area (TPSA) is 63.6 Å². The summed E-state index contributed by atoms with van der Waals surface area (Å²) in [5, 5.41) is 0. The molecule has 2 rings (SSSR count). The van der Waals surface area contributed by atoms with Crippen molar-refractivity contribution in [1.82, 2.24) is 0 Å². The number of benzene rings is 2. The van der Waals surface area contributed by atoms with E-state index in [9.17, 15) is 8.78 Å². The number of halogens is 3. The van der Waals surface area contributed by atoms with E-state index < -0.39 is 15.9 Å². The van der Waals surface area contributed by atoms with Crippen LogP contribution in [0.2, 0.25) is 0 Å². The maximum atomic E-state index is 10.7. The van der Waals surface area contributed by atoms with E-state index in [1.165, 1.54) is 14.7 Å². The largest absolute Gasteiger partial charge is 0.488 e. The Bertz CT molecular complexity index is 785. The molecule has 2 aromatic carbocycles. The summed E-state index contributed by atoms with van der Waals surface area (Å²) in [6.45, 7) is 6.17. The molecule has 0 aromatic heterocycles. The minimum atomic E-state index is -5.07. The Morgan fingerprint density at radius 3 is 1.92 bits per heavy atom. The van der Waals surface area contributed by atoms with Crippen molar-refractivity contribution < 1.29 is 26.5 Å². The van der Waals surface area contributed by atoms with Crippen LogP contribution in [0.25, 0.3) is 11.1 Å². The summed E-state index contributed by atoms with van der Waals surface area (Å²) in [6.07, 6.45) is 0. The van der Waals surface area contributed by atoms with Gasteiger partial charge < -0.3 is 4.74 Å². The van der Waals surface area contributed by atoms with Gasteiger partial charge in [-0.3, -0.25) is 4.55 Å². The van der Waals surface area contributed by atoms with Crippen LogP contribution in [-0.2, 0) is 10.1 Å². The highest BCUT2D eigenvalue weighted by Gasteiger charge is 2.18. The molecule has 1 N–H and O–H groups in total. The van der Waals surface area contributed by atoms with Crippen molar-refractivity contribution in [3.63, 3.8) is 0 Å². The van der Waals surface area contributed by atoms with Gasteiger partial charge in [0, 0.05) is 3.57 Å². The van der Waals surface area contributed by atoms with Crippen LogP contribution in [0.5, 0.6) is 5.75 Å². The predicted molar refractivity (Wildman–Crippen MR) is 103 cm³/mol. The Kier molecular flexibility index (Phi) is 7.76. The van der Waals surface area contributed by atoms with E-state index >= 15 is 0 Å². The number of alkyl halides is 2. The van der Waals surface area contributed by atoms with Gasteiger partial charge in [0.15, 0.2) is 0 Å². The molecule has 0 saturated heterocycles. The average Bonchev–Trinajstić information content (AvgIpc) is 2.47. The van der Waals surface area contributed by atoms with E-state index in [4.69, 9.17) is 17.7 Å². The van der Waals surface area contributed by atoms with Gasteiger partial charge in [-0.05, 0) is 72.7 Å². The molecule has 0 saturated carbocycles. The fourth-order valence-electron chi connectivity index (χ4n) is 1.75. The van der Waals surface area contributed by atoms with Gasteiger partial charge in [-0.15, -0.1) is 0 Å². The van der Waals surface area contributed by atoms with E-state index in [0.29, 0.717) is 0 Å². The Morgan fingerprint density at radius 1 is 1.04 bits per heavy atom. The average molecular weight is 484 g/mol. The summed E-state index contributed by atoms with van der Waals surface area (Å²) in [4.78, 5) is 0. The highest BCUT2D eigenvalue weighted by molar-refractivity contribution is 14.1. The molecule has 2 aromatic rings. The van der Waals surface area contributed by atoms with Gasteiger partial charge in [0.25, 0.3) is 0 Å². The van der Waals surface area contributed by atoms with Crippen molar-refractivity contribution in [3.8, 4) is 16.9 Å². The molecule has 0 fully saturated rings. The van der Waals surface area contributed by atoms with Gasteiger partial charge in [0.2, 0.25) is 0 Å². The fraction of sp³-hybridized carbons (Fsp3) is 0.294. The van der Waals surface area contributed by atoms with Crippen LogP contribution in [0.15, 0.2) is 48.5 Å². The second-order valence-electron chi connectivity index (χ2n) is 5.99. The first-order valence-corrected chi connectivity index (χ1v) is 9.77. The lowest BCUT2D eigenvalue weighted by Crippen LogP contribution is -2.22. The molecule has 4 nitrogen and oxygen atoms in total. The molecule has 138 valence electrons.